The van der Waals surface area contributed by atoms with E-state index < -0.39 is 0 Å². The van der Waals surface area contributed by atoms with Gasteiger partial charge in [-0.25, -0.2) is 0 Å². The van der Waals surface area contributed by atoms with Crippen LogP contribution in [0.3, 0.4) is 0 Å². The smallest absolute Gasteiger partial charge is 0.0657 e. The Balaban J connectivity index is 1.54. The maximum atomic E-state index is 5.73. The van der Waals surface area contributed by atoms with Crippen LogP contribution in [0.5, 0.6) is 0 Å². The lowest BCUT2D eigenvalue weighted by atomic mass is 9.86. The molecule has 3 rings (SSSR count). The molecule has 2 heterocycles. The number of benzene rings is 1. The second kappa shape index (κ2) is 8.08. The van der Waals surface area contributed by atoms with Crippen molar-refractivity contribution in [2.45, 2.75) is 46.0 Å². The molecular formula is C22H34BN3. The van der Waals surface area contributed by atoms with Gasteiger partial charge < -0.3 is 9.80 Å². The summed E-state index contributed by atoms with van der Waals surface area (Å²) in [5.41, 5.74) is 7.29. The molecule has 4 heteroatoms. The quantitative estimate of drug-likeness (QED) is 0.730. The van der Waals surface area contributed by atoms with E-state index in [0.29, 0.717) is 6.04 Å². The van der Waals surface area contributed by atoms with Crippen molar-refractivity contribution < 1.29 is 0 Å². The summed E-state index contributed by atoms with van der Waals surface area (Å²) in [6.45, 7) is 11.5. The van der Waals surface area contributed by atoms with E-state index in [4.69, 9.17) is 7.85 Å². The standard InChI is InChI=1S/C22H34BN3/c1-16-11-24(4)14-22(25(16)5)15-26-12-19(13-26)10-21-7-6-20(8-9-23)17(2)18(21)3/h6-7,14,16,19H,8-13,15H2,1-5H3. The van der Waals surface area contributed by atoms with Gasteiger partial charge in [-0.1, -0.05) is 18.5 Å². The molecule has 1 saturated heterocycles. The fourth-order valence-corrected chi connectivity index (χ4v) is 4.43. The van der Waals surface area contributed by atoms with Crippen LogP contribution in [0.4, 0.5) is 0 Å². The highest BCUT2D eigenvalue weighted by atomic mass is 15.3. The largest absolute Gasteiger partial charge is 0.377 e. The van der Waals surface area contributed by atoms with Gasteiger partial charge in [0.15, 0.2) is 0 Å². The van der Waals surface area contributed by atoms with E-state index in [9.17, 15) is 0 Å². The Morgan fingerprint density at radius 1 is 1.04 bits per heavy atom. The average molecular weight is 351 g/mol. The topological polar surface area (TPSA) is 9.72 Å². The molecule has 0 N–H and O–H groups in total. The van der Waals surface area contributed by atoms with E-state index in [0.717, 1.165) is 31.7 Å². The number of aryl methyl sites for hydroxylation is 1. The molecule has 1 aromatic carbocycles. The van der Waals surface area contributed by atoms with Gasteiger partial charge in [-0.3, -0.25) is 4.90 Å². The van der Waals surface area contributed by atoms with Crippen molar-refractivity contribution in [1.82, 2.24) is 14.7 Å². The highest BCUT2D eigenvalue weighted by Crippen LogP contribution is 2.27. The second-order valence-electron chi connectivity index (χ2n) is 8.46. The van der Waals surface area contributed by atoms with E-state index in [2.05, 4.69) is 67.9 Å². The maximum absolute atomic E-state index is 5.73. The number of rotatable bonds is 6. The summed E-state index contributed by atoms with van der Waals surface area (Å²) in [6, 6.07) is 5.22. The molecule has 0 saturated carbocycles. The first-order valence-electron chi connectivity index (χ1n) is 10.0. The van der Waals surface area contributed by atoms with Crippen molar-refractivity contribution in [3.63, 3.8) is 0 Å². The van der Waals surface area contributed by atoms with Gasteiger partial charge in [-0.05, 0) is 61.8 Å². The van der Waals surface area contributed by atoms with Gasteiger partial charge >= 0.3 is 0 Å². The number of hydrogen-bond donors (Lipinski definition) is 0. The summed E-state index contributed by atoms with van der Waals surface area (Å²) in [4.78, 5) is 7.35. The maximum Gasteiger partial charge on any atom is 0.0657 e. The predicted octanol–water partition coefficient (Wildman–Crippen LogP) is 3.01. The summed E-state index contributed by atoms with van der Waals surface area (Å²) < 4.78 is 0. The normalized spacial score (nSPS) is 21.7. The van der Waals surface area contributed by atoms with Crippen molar-refractivity contribution in [2.75, 3.05) is 40.3 Å². The molecule has 0 spiro atoms. The van der Waals surface area contributed by atoms with Crippen LogP contribution in [0.25, 0.3) is 0 Å². The van der Waals surface area contributed by atoms with Gasteiger partial charge in [0.25, 0.3) is 0 Å². The van der Waals surface area contributed by atoms with Crippen LogP contribution in [-0.2, 0) is 12.8 Å². The molecule has 140 valence electrons. The van der Waals surface area contributed by atoms with E-state index in [-0.39, 0.29) is 0 Å². The third-order valence-electron chi connectivity index (χ3n) is 6.39. The first-order chi connectivity index (χ1) is 12.4. The Labute approximate surface area is 161 Å². The van der Waals surface area contributed by atoms with Crippen LogP contribution in [0.1, 0.15) is 29.2 Å². The molecule has 0 bridgehead atoms. The number of likely N-dealkylation sites (tertiary alicyclic amines) is 1. The summed E-state index contributed by atoms with van der Waals surface area (Å²) in [6.07, 6.45) is 5.24. The van der Waals surface area contributed by atoms with E-state index >= 15 is 0 Å². The number of likely N-dealkylation sites (N-methyl/N-ethyl adjacent to an activating group) is 2. The summed E-state index contributed by atoms with van der Waals surface area (Å²) >= 11 is 0. The van der Waals surface area contributed by atoms with Gasteiger partial charge in [0.2, 0.25) is 0 Å². The van der Waals surface area contributed by atoms with Gasteiger partial charge in [-0.2, -0.15) is 0 Å². The van der Waals surface area contributed by atoms with Gasteiger partial charge in [0, 0.05) is 58.2 Å². The molecule has 1 atom stereocenters. The lowest BCUT2D eigenvalue weighted by molar-refractivity contribution is 0.0941. The molecule has 2 aliphatic heterocycles. The SMILES string of the molecule is [B]CCc1ccc(CC2CN(CC3=CN(C)CC(C)N3C)C2)c(C)c1C. The third-order valence-corrected chi connectivity index (χ3v) is 6.39. The van der Waals surface area contributed by atoms with Crippen LogP contribution in [0.2, 0.25) is 6.32 Å². The molecule has 26 heavy (non-hydrogen) atoms. The minimum atomic E-state index is 0.592. The van der Waals surface area contributed by atoms with E-state index in [1.54, 1.807) is 0 Å². The molecule has 1 aromatic rings. The first-order valence-corrected chi connectivity index (χ1v) is 10.0. The van der Waals surface area contributed by atoms with E-state index in [1.165, 1.54) is 47.5 Å². The highest BCUT2D eigenvalue weighted by molar-refractivity contribution is 6.08. The zero-order valence-corrected chi connectivity index (χ0v) is 17.3. The van der Waals surface area contributed by atoms with Crippen molar-refractivity contribution in [2.24, 2.45) is 5.92 Å². The molecule has 1 fully saturated rings. The van der Waals surface area contributed by atoms with E-state index in [1.807, 2.05) is 0 Å². The Bertz CT molecular complexity index is 664. The molecule has 3 nitrogen and oxygen atoms in total. The number of nitrogens with zero attached hydrogens (tertiary/aromatic N) is 3. The minimum Gasteiger partial charge on any atom is -0.377 e. The van der Waals surface area contributed by atoms with Crippen molar-refractivity contribution in [1.29, 1.82) is 0 Å². The van der Waals surface area contributed by atoms with Crippen LogP contribution >= 0.6 is 0 Å². The zero-order chi connectivity index (χ0) is 18.8. The van der Waals surface area contributed by atoms with Crippen LogP contribution in [0, 0.1) is 19.8 Å². The molecular weight excluding hydrogens is 317 g/mol. The molecule has 2 radical (unpaired) electrons. The lowest BCUT2D eigenvalue weighted by Gasteiger charge is -2.44. The summed E-state index contributed by atoms with van der Waals surface area (Å²) in [5.74, 6) is 0.790. The zero-order valence-electron chi connectivity index (χ0n) is 17.3. The molecule has 2 aliphatic rings. The molecule has 0 aromatic heterocycles. The second-order valence-corrected chi connectivity index (χ2v) is 8.46. The van der Waals surface area contributed by atoms with Crippen LogP contribution in [-0.4, -0.2) is 68.9 Å². The summed E-state index contributed by atoms with van der Waals surface area (Å²) in [7, 11) is 10.1. The Morgan fingerprint density at radius 3 is 2.38 bits per heavy atom. The molecule has 1 unspecified atom stereocenters. The monoisotopic (exact) mass is 351 g/mol. The van der Waals surface area contributed by atoms with Crippen molar-refractivity contribution in [3.8, 4) is 0 Å². The highest BCUT2D eigenvalue weighted by Gasteiger charge is 2.30. The average Bonchev–Trinajstić information content (AvgIpc) is 2.56. The van der Waals surface area contributed by atoms with Crippen molar-refractivity contribution >= 4 is 7.85 Å². The Kier molecular flexibility index (Phi) is 6.01. The summed E-state index contributed by atoms with van der Waals surface area (Å²) in [5, 5.41) is 0. The fraction of sp³-hybridized carbons (Fsp3) is 0.636. The fourth-order valence-electron chi connectivity index (χ4n) is 4.43. The van der Waals surface area contributed by atoms with Gasteiger partial charge in [0.05, 0.1) is 7.85 Å². The van der Waals surface area contributed by atoms with Crippen LogP contribution < -0.4 is 0 Å². The predicted molar refractivity (Wildman–Crippen MR) is 112 cm³/mol. The molecule has 0 aliphatic carbocycles. The van der Waals surface area contributed by atoms with Gasteiger partial charge in [0.1, 0.15) is 0 Å². The van der Waals surface area contributed by atoms with Crippen molar-refractivity contribution in [3.05, 3.63) is 46.3 Å². The minimum absolute atomic E-state index is 0.592. The first kappa shape index (κ1) is 19.3. The Morgan fingerprint density at radius 2 is 1.69 bits per heavy atom. The number of hydrogen-bond acceptors (Lipinski definition) is 3. The third kappa shape index (κ3) is 4.11. The van der Waals surface area contributed by atoms with Crippen LogP contribution in [0.15, 0.2) is 24.0 Å². The molecule has 0 amide bonds. The Hall–Kier alpha value is -1.42. The lowest BCUT2D eigenvalue weighted by Crippen LogP contribution is -2.51. The van der Waals surface area contributed by atoms with Gasteiger partial charge in [-0.15, -0.1) is 0 Å².